The van der Waals surface area contributed by atoms with E-state index in [0.717, 1.165) is 16.3 Å². The summed E-state index contributed by atoms with van der Waals surface area (Å²) in [6.45, 7) is 2.26. The van der Waals surface area contributed by atoms with Gasteiger partial charge in [-0.15, -0.1) is 0 Å². The molecule has 0 aromatic heterocycles. The van der Waals surface area contributed by atoms with Crippen LogP contribution in [0.15, 0.2) is 77.7 Å². The largest absolute Gasteiger partial charge is 0.354 e. The molecule has 0 aliphatic carbocycles. The molecule has 3 aromatic rings. The maximum absolute atomic E-state index is 12.7. The molecule has 3 N–H and O–H groups in total. The lowest BCUT2D eigenvalue weighted by molar-refractivity contribution is -0.122. The van der Waals surface area contributed by atoms with E-state index in [1.807, 2.05) is 67.6 Å². The molecule has 3 rings (SSSR count). The number of sulfone groups is 1. The Kier molecular flexibility index (Phi) is 7.24. The van der Waals surface area contributed by atoms with Crippen molar-refractivity contribution in [1.29, 1.82) is 0 Å². The van der Waals surface area contributed by atoms with Crippen LogP contribution in [0.5, 0.6) is 0 Å². The van der Waals surface area contributed by atoms with Crippen molar-refractivity contribution in [2.45, 2.75) is 30.7 Å². The molecule has 0 saturated carbocycles. The van der Waals surface area contributed by atoms with Gasteiger partial charge in [-0.25, -0.2) is 8.42 Å². The zero-order chi connectivity index (χ0) is 21.6. The second kappa shape index (κ2) is 9.87. The summed E-state index contributed by atoms with van der Waals surface area (Å²) in [4.78, 5) is 12.5. The molecular weight excluding hydrogens is 396 g/mol. The molecule has 3 aromatic carbocycles. The van der Waals surface area contributed by atoms with Gasteiger partial charge in [-0.05, 0) is 47.2 Å². The number of nitrogens with one attached hydrogen (secondary N) is 1. The van der Waals surface area contributed by atoms with Crippen LogP contribution in [0.2, 0.25) is 0 Å². The number of fused-ring (bicyclic) bond motifs is 1. The highest BCUT2D eigenvalue weighted by Crippen LogP contribution is 2.23. The highest BCUT2D eigenvalue weighted by atomic mass is 32.2. The maximum Gasteiger partial charge on any atom is 0.237 e. The summed E-state index contributed by atoms with van der Waals surface area (Å²) in [6, 6.07) is 21.7. The van der Waals surface area contributed by atoms with Crippen LogP contribution in [0.25, 0.3) is 10.8 Å². The van der Waals surface area contributed by atoms with E-state index in [0.29, 0.717) is 19.4 Å². The molecule has 6 heteroatoms. The van der Waals surface area contributed by atoms with Crippen molar-refractivity contribution in [3.63, 3.8) is 0 Å². The highest BCUT2D eigenvalue weighted by Gasteiger charge is 2.19. The lowest BCUT2D eigenvalue weighted by atomic mass is 10.1. The number of nitrogens with two attached hydrogens (primary N) is 1. The van der Waals surface area contributed by atoms with Gasteiger partial charge < -0.3 is 11.1 Å². The predicted molar refractivity (Wildman–Crippen MR) is 120 cm³/mol. The molecule has 0 aliphatic rings. The van der Waals surface area contributed by atoms with E-state index < -0.39 is 15.9 Å². The Bertz CT molecular complexity index is 1100. The van der Waals surface area contributed by atoms with E-state index in [-0.39, 0.29) is 16.7 Å². The van der Waals surface area contributed by atoms with Crippen molar-refractivity contribution in [3.8, 4) is 0 Å². The van der Waals surface area contributed by atoms with Crippen LogP contribution in [0, 0.1) is 11.7 Å². The Morgan fingerprint density at radius 2 is 1.67 bits per heavy atom. The third-order valence-electron chi connectivity index (χ3n) is 5.03. The number of carbonyl (C=O) groups is 1. The smallest absolute Gasteiger partial charge is 0.237 e. The number of hydrogen-bond donors (Lipinski definition) is 2. The number of carbonyl (C=O) groups excluding carboxylic acids is 1. The maximum atomic E-state index is 12.7. The summed E-state index contributed by atoms with van der Waals surface area (Å²) >= 11 is 0. The number of hydrogen-bond acceptors (Lipinski definition) is 4. The molecule has 0 heterocycles. The Balaban J connectivity index is 1.49. The van der Waals surface area contributed by atoms with Crippen molar-refractivity contribution >= 4 is 26.5 Å². The minimum atomic E-state index is -3.50. The molecule has 0 bridgehead atoms. The fourth-order valence-electron chi connectivity index (χ4n) is 3.18. The minimum absolute atomic E-state index is 0.0342. The lowest BCUT2D eigenvalue weighted by Gasteiger charge is -2.16. The average molecular weight is 424 g/mol. The Morgan fingerprint density at radius 1 is 1.00 bits per heavy atom. The second-order valence-corrected chi connectivity index (χ2v) is 9.50. The first kappa shape index (κ1) is 22.0. The summed E-state index contributed by atoms with van der Waals surface area (Å²) in [7, 11) is -3.50. The van der Waals surface area contributed by atoms with Gasteiger partial charge in [0.2, 0.25) is 5.91 Å². The molecule has 1 radical (unpaired) electrons. The van der Waals surface area contributed by atoms with Crippen LogP contribution in [0.4, 0.5) is 0 Å². The van der Waals surface area contributed by atoms with Gasteiger partial charge in [0.1, 0.15) is 0 Å². The fourth-order valence-corrected chi connectivity index (χ4v) is 4.50. The van der Waals surface area contributed by atoms with Crippen LogP contribution >= 0.6 is 0 Å². The quantitative estimate of drug-likeness (QED) is 0.551. The number of rotatable bonds is 9. The third kappa shape index (κ3) is 5.90. The molecule has 30 heavy (non-hydrogen) atoms. The molecule has 157 valence electrons. The van der Waals surface area contributed by atoms with Crippen molar-refractivity contribution in [2.75, 3.05) is 6.54 Å². The average Bonchev–Trinajstić information content (AvgIpc) is 2.76. The number of benzene rings is 3. The highest BCUT2D eigenvalue weighted by molar-refractivity contribution is 7.93. The van der Waals surface area contributed by atoms with E-state index in [1.165, 1.54) is 5.75 Å². The van der Waals surface area contributed by atoms with Crippen LogP contribution in [-0.2, 0) is 21.1 Å². The molecule has 0 fully saturated rings. The van der Waals surface area contributed by atoms with Gasteiger partial charge >= 0.3 is 0 Å². The normalized spacial score (nSPS) is 13.7. The van der Waals surface area contributed by atoms with Gasteiger partial charge in [-0.3, -0.25) is 4.79 Å². The SMILES string of the molecule is CC(C[CH]S(=O)(=O)c1ccc2ccccc2c1)CNC(=O)[C@@H](N)Cc1ccccc1. The minimum Gasteiger partial charge on any atom is -0.354 e. The molecule has 2 atom stereocenters. The Morgan fingerprint density at radius 3 is 2.40 bits per heavy atom. The Labute approximate surface area is 178 Å². The van der Waals surface area contributed by atoms with Gasteiger partial charge in [0.15, 0.2) is 9.84 Å². The standard InChI is InChI=1S/C24H27N2O3S/c1-18(17-26-24(27)23(25)15-19-7-3-2-4-8-19)13-14-30(28,29)22-12-11-20-9-5-6-10-21(20)16-22/h2-12,14,16,18,23H,13,15,17,25H2,1H3,(H,26,27)/t18?,23-/m0/s1. The topological polar surface area (TPSA) is 89.3 Å². The molecule has 0 saturated heterocycles. The molecule has 0 aliphatic heterocycles. The molecule has 0 spiro atoms. The zero-order valence-electron chi connectivity index (χ0n) is 17.0. The van der Waals surface area contributed by atoms with Crippen molar-refractivity contribution in [1.82, 2.24) is 5.32 Å². The summed E-state index contributed by atoms with van der Waals surface area (Å²) in [5.74, 6) is 1.06. The molecule has 1 unspecified atom stereocenters. The predicted octanol–water partition coefficient (Wildman–Crippen LogP) is 3.49. The van der Waals surface area contributed by atoms with Crippen molar-refractivity contribution < 1.29 is 13.2 Å². The van der Waals surface area contributed by atoms with E-state index in [9.17, 15) is 13.2 Å². The summed E-state index contributed by atoms with van der Waals surface area (Å²) in [5, 5.41) is 4.71. The van der Waals surface area contributed by atoms with Gasteiger partial charge in [0, 0.05) is 6.54 Å². The fraction of sp³-hybridized carbons (Fsp3) is 0.250. The van der Waals surface area contributed by atoms with Gasteiger partial charge in [0.05, 0.1) is 16.7 Å². The first-order valence-corrected chi connectivity index (χ1v) is 11.5. The van der Waals surface area contributed by atoms with E-state index >= 15 is 0 Å². The molecular formula is C24H27N2O3S. The van der Waals surface area contributed by atoms with E-state index in [4.69, 9.17) is 5.73 Å². The van der Waals surface area contributed by atoms with Crippen LogP contribution in [0.1, 0.15) is 18.9 Å². The van der Waals surface area contributed by atoms with Crippen molar-refractivity contribution in [3.05, 3.63) is 84.1 Å². The number of amides is 1. The molecule has 5 nitrogen and oxygen atoms in total. The van der Waals surface area contributed by atoms with Gasteiger partial charge in [0.25, 0.3) is 0 Å². The summed E-state index contributed by atoms with van der Waals surface area (Å²) < 4.78 is 25.3. The second-order valence-electron chi connectivity index (χ2n) is 7.60. The first-order chi connectivity index (χ1) is 14.3. The van der Waals surface area contributed by atoms with Crippen LogP contribution < -0.4 is 11.1 Å². The monoisotopic (exact) mass is 423 g/mol. The van der Waals surface area contributed by atoms with Crippen LogP contribution in [-0.4, -0.2) is 26.9 Å². The van der Waals surface area contributed by atoms with Gasteiger partial charge in [-0.2, -0.15) is 0 Å². The molecule has 1 amide bonds. The van der Waals surface area contributed by atoms with Crippen LogP contribution in [0.3, 0.4) is 0 Å². The summed E-state index contributed by atoms with van der Waals surface area (Å²) in [6.07, 6.45) is 0.798. The van der Waals surface area contributed by atoms with E-state index in [1.54, 1.807) is 12.1 Å². The zero-order valence-corrected chi connectivity index (χ0v) is 17.8. The first-order valence-electron chi connectivity index (χ1n) is 9.99. The van der Waals surface area contributed by atoms with Gasteiger partial charge in [-0.1, -0.05) is 67.6 Å². The van der Waals surface area contributed by atoms with Crippen molar-refractivity contribution in [2.24, 2.45) is 11.7 Å². The lowest BCUT2D eigenvalue weighted by Crippen LogP contribution is -2.43. The Hall–Kier alpha value is -2.70. The van der Waals surface area contributed by atoms with E-state index in [2.05, 4.69) is 5.32 Å². The summed E-state index contributed by atoms with van der Waals surface area (Å²) in [5.41, 5.74) is 6.99. The third-order valence-corrected chi connectivity index (χ3v) is 6.57.